The Bertz CT molecular complexity index is 437. The molecule has 0 saturated carbocycles. The number of nitrogens with two attached hydrogens (primary N) is 2. The van der Waals surface area contributed by atoms with Crippen molar-refractivity contribution >= 4 is 5.78 Å². The van der Waals surface area contributed by atoms with Crippen LogP contribution in [-0.2, 0) is 11.2 Å². The third-order valence-corrected chi connectivity index (χ3v) is 3.20. The van der Waals surface area contributed by atoms with Gasteiger partial charge in [-0.3, -0.25) is 4.79 Å². The number of ketones is 1. The van der Waals surface area contributed by atoms with Crippen molar-refractivity contribution < 1.29 is 9.90 Å². The molecule has 3 unspecified atom stereocenters. The topological polar surface area (TPSA) is 115 Å². The number of unbranched alkanes of at least 4 members (excludes halogenated alkanes) is 2. The van der Waals surface area contributed by atoms with E-state index in [4.69, 9.17) is 11.5 Å². The maximum atomic E-state index is 12.0. The van der Waals surface area contributed by atoms with Gasteiger partial charge in [-0.25, -0.2) is 9.97 Å². The van der Waals surface area contributed by atoms with Gasteiger partial charge >= 0.3 is 0 Å². The number of Topliss-reactive ketones (excluding diaryl/α,β-unsaturated/α-hetero) is 1. The minimum atomic E-state index is -1.02. The molecule has 0 aromatic carbocycles. The first-order valence-electron chi connectivity index (χ1n) is 7.02. The Morgan fingerprint density at radius 3 is 2.70 bits per heavy atom. The predicted molar refractivity (Wildman–Crippen MR) is 76.9 cm³/mol. The summed E-state index contributed by atoms with van der Waals surface area (Å²) in [5, 5.41) is 9.34. The highest BCUT2D eigenvalue weighted by atomic mass is 16.3. The molecule has 0 amide bonds. The SMILES string of the molecule is CCCCCc1ccnc(C(N)C(=O)C(N)C(C)O)n1. The lowest BCUT2D eigenvalue weighted by atomic mass is 10.0. The van der Waals surface area contributed by atoms with E-state index < -0.39 is 24.0 Å². The fourth-order valence-corrected chi connectivity index (χ4v) is 1.83. The van der Waals surface area contributed by atoms with E-state index in [1.54, 1.807) is 6.20 Å². The van der Waals surface area contributed by atoms with Gasteiger partial charge in [-0.1, -0.05) is 19.8 Å². The molecule has 3 atom stereocenters. The maximum Gasteiger partial charge on any atom is 0.176 e. The molecule has 0 bridgehead atoms. The van der Waals surface area contributed by atoms with Crippen LogP contribution >= 0.6 is 0 Å². The number of aliphatic hydroxyl groups is 1. The second-order valence-electron chi connectivity index (χ2n) is 5.01. The molecular weight excluding hydrogens is 256 g/mol. The zero-order valence-corrected chi connectivity index (χ0v) is 12.1. The number of hydrogen-bond donors (Lipinski definition) is 3. The van der Waals surface area contributed by atoms with Crippen LogP contribution in [-0.4, -0.2) is 33.0 Å². The van der Waals surface area contributed by atoms with Crippen LogP contribution in [0.3, 0.4) is 0 Å². The third kappa shape index (κ3) is 4.63. The van der Waals surface area contributed by atoms with Gasteiger partial charge in [-0.2, -0.15) is 0 Å². The van der Waals surface area contributed by atoms with Crippen LogP contribution in [0.5, 0.6) is 0 Å². The first kappa shape index (κ1) is 16.7. The van der Waals surface area contributed by atoms with Crippen LogP contribution in [0.15, 0.2) is 12.3 Å². The Morgan fingerprint density at radius 1 is 1.40 bits per heavy atom. The molecule has 1 heterocycles. The molecular formula is C14H24N4O2. The lowest BCUT2D eigenvalue weighted by Gasteiger charge is -2.17. The summed E-state index contributed by atoms with van der Waals surface area (Å²) in [5.74, 6) is -0.189. The Labute approximate surface area is 119 Å². The van der Waals surface area contributed by atoms with Gasteiger partial charge in [0.05, 0.1) is 12.1 Å². The summed E-state index contributed by atoms with van der Waals surface area (Å²) in [4.78, 5) is 20.3. The van der Waals surface area contributed by atoms with Crippen molar-refractivity contribution in [1.82, 2.24) is 9.97 Å². The quantitative estimate of drug-likeness (QED) is 0.597. The molecule has 0 aliphatic heterocycles. The first-order valence-corrected chi connectivity index (χ1v) is 7.02. The highest BCUT2D eigenvalue weighted by molar-refractivity contribution is 5.89. The van der Waals surface area contributed by atoms with Crippen molar-refractivity contribution in [3.63, 3.8) is 0 Å². The molecule has 0 radical (unpaired) electrons. The molecule has 6 nitrogen and oxygen atoms in total. The number of carbonyl (C=O) groups is 1. The van der Waals surface area contributed by atoms with Gasteiger partial charge in [0.2, 0.25) is 0 Å². The van der Waals surface area contributed by atoms with Crippen molar-refractivity contribution in [2.75, 3.05) is 0 Å². The molecule has 6 heteroatoms. The number of aromatic nitrogens is 2. The van der Waals surface area contributed by atoms with Crippen molar-refractivity contribution in [3.05, 3.63) is 23.8 Å². The molecule has 1 rings (SSSR count). The van der Waals surface area contributed by atoms with E-state index in [1.165, 1.54) is 6.92 Å². The summed E-state index contributed by atoms with van der Waals surface area (Å²) < 4.78 is 0. The number of nitrogens with zero attached hydrogens (tertiary/aromatic N) is 2. The summed E-state index contributed by atoms with van der Waals surface area (Å²) in [5.41, 5.74) is 12.3. The highest BCUT2D eigenvalue weighted by Crippen LogP contribution is 2.11. The van der Waals surface area contributed by atoms with E-state index in [0.717, 1.165) is 31.4 Å². The monoisotopic (exact) mass is 280 g/mol. The van der Waals surface area contributed by atoms with Gasteiger partial charge < -0.3 is 16.6 Å². The molecule has 0 spiro atoms. The Hall–Kier alpha value is -1.37. The van der Waals surface area contributed by atoms with E-state index in [2.05, 4.69) is 16.9 Å². The summed E-state index contributed by atoms with van der Waals surface area (Å²) in [6.07, 6.45) is 4.82. The van der Waals surface area contributed by atoms with Crippen LogP contribution in [0.1, 0.15) is 50.7 Å². The fraction of sp³-hybridized carbons (Fsp3) is 0.643. The molecule has 0 aliphatic rings. The van der Waals surface area contributed by atoms with Gasteiger partial charge in [0.15, 0.2) is 11.6 Å². The summed E-state index contributed by atoms with van der Waals surface area (Å²) in [6.45, 7) is 3.59. The van der Waals surface area contributed by atoms with Crippen molar-refractivity contribution in [3.8, 4) is 0 Å². The predicted octanol–water partition coefficient (Wildman–Crippen LogP) is 0.486. The van der Waals surface area contributed by atoms with Crippen molar-refractivity contribution in [1.29, 1.82) is 0 Å². The van der Waals surface area contributed by atoms with E-state index in [-0.39, 0.29) is 5.82 Å². The van der Waals surface area contributed by atoms with Crippen LogP contribution in [0, 0.1) is 0 Å². The van der Waals surface area contributed by atoms with Crippen LogP contribution in [0.2, 0.25) is 0 Å². The van der Waals surface area contributed by atoms with E-state index in [1.807, 2.05) is 6.07 Å². The molecule has 5 N–H and O–H groups in total. The number of rotatable bonds is 8. The highest BCUT2D eigenvalue weighted by Gasteiger charge is 2.27. The maximum absolute atomic E-state index is 12.0. The van der Waals surface area contributed by atoms with Gasteiger partial charge in [0, 0.05) is 11.9 Å². The van der Waals surface area contributed by atoms with Crippen LogP contribution in [0.4, 0.5) is 0 Å². The Morgan fingerprint density at radius 2 is 2.10 bits per heavy atom. The number of aliphatic hydroxyl groups excluding tert-OH is 1. The largest absolute Gasteiger partial charge is 0.391 e. The molecule has 112 valence electrons. The zero-order chi connectivity index (χ0) is 15.1. The molecule has 20 heavy (non-hydrogen) atoms. The molecule has 0 saturated heterocycles. The lowest BCUT2D eigenvalue weighted by molar-refractivity contribution is -0.123. The van der Waals surface area contributed by atoms with E-state index in [0.29, 0.717) is 0 Å². The number of hydrogen-bond acceptors (Lipinski definition) is 6. The van der Waals surface area contributed by atoms with Crippen LogP contribution < -0.4 is 11.5 Å². The smallest absolute Gasteiger partial charge is 0.176 e. The number of aryl methyl sites for hydroxylation is 1. The molecule has 1 aromatic heterocycles. The minimum absolute atomic E-state index is 0.264. The molecule has 1 aromatic rings. The summed E-state index contributed by atoms with van der Waals surface area (Å²) in [6, 6.07) is -0.187. The second-order valence-corrected chi connectivity index (χ2v) is 5.01. The standard InChI is InChI=1S/C14H24N4O2/c1-3-4-5-6-10-7-8-17-14(18-10)12(16)13(20)11(15)9(2)19/h7-9,11-12,19H,3-6,15-16H2,1-2H3. The van der Waals surface area contributed by atoms with Gasteiger partial charge in [0.1, 0.15) is 6.04 Å². The van der Waals surface area contributed by atoms with E-state index >= 15 is 0 Å². The van der Waals surface area contributed by atoms with Gasteiger partial charge in [-0.05, 0) is 25.8 Å². The molecule has 0 aliphatic carbocycles. The third-order valence-electron chi connectivity index (χ3n) is 3.20. The van der Waals surface area contributed by atoms with Crippen molar-refractivity contribution in [2.24, 2.45) is 11.5 Å². The van der Waals surface area contributed by atoms with Crippen LogP contribution in [0.25, 0.3) is 0 Å². The number of carbonyl (C=O) groups excluding carboxylic acids is 1. The molecule has 0 fully saturated rings. The second kappa shape index (κ2) is 8.04. The Kier molecular flexibility index (Phi) is 6.70. The summed E-state index contributed by atoms with van der Waals surface area (Å²) in [7, 11) is 0. The minimum Gasteiger partial charge on any atom is -0.391 e. The van der Waals surface area contributed by atoms with E-state index in [9.17, 15) is 9.90 Å². The van der Waals surface area contributed by atoms with Gasteiger partial charge in [0.25, 0.3) is 0 Å². The summed E-state index contributed by atoms with van der Waals surface area (Å²) >= 11 is 0. The fourth-order valence-electron chi connectivity index (χ4n) is 1.83. The first-order chi connectivity index (χ1) is 9.47. The normalized spacial score (nSPS) is 15.7. The zero-order valence-electron chi connectivity index (χ0n) is 12.1. The van der Waals surface area contributed by atoms with Crippen molar-refractivity contribution in [2.45, 2.75) is 57.7 Å². The lowest BCUT2D eigenvalue weighted by Crippen LogP contribution is -2.45. The Balaban J connectivity index is 2.75. The average molecular weight is 280 g/mol. The van der Waals surface area contributed by atoms with Gasteiger partial charge in [-0.15, -0.1) is 0 Å². The average Bonchev–Trinajstić information content (AvgIpc) is 2.45.